The number of aliphatic hydroxyl groups excluding tert-OH is 2. The summed E-state index contributed by atoms with van der Waals surface area (Å²) >= 11 is 0. The third-order valence-electron chi connectivity index (χ3n) is 6.50. The molecule has 4 atom stereocenters. The summed E-state index contributed by atoms with van der Waals surface area (Å²) in [6.07, 6.45) is -1.72. The highest BCUT2D eigenvalue weighted by Gasteiger charge is 2.35. The fourth-order valence-corrected chi connectivity index (χ4v) is 4.25. The van der Waals surface area contributed by atoms with Crippen LogP contribution < -0.4 is 0 Å². The SMILES string of the molecule is [N-]=[N+]=NCCCCCO[C@@H](O)C(O)C(OCc1ccccc1)[C@@H](CCOCc1ccccc1)OCc1ccccc1. The molecule has 2 N–H and O–H groups in total. The van der Waals surface area contributed by atoms with Gasteiger partial charge in [-0.25, -0.2) is 0 Å². The summed E-state index contributed by atoms with van der Waals surface area (Å²) in [6, 6.07) is 29.3. The lowest BCUT2D eigenvalue weighted by Crippen LogP contribution is -2.48. The molecule has 9 nitrogen and oxygen atoms in total. The summed E-state index contributed by atoms with van der Waals surface area (Å²) in [5.41, 5.74) is 11.4. The van der Waals surface area contributed by atoms with Gasteiger partial charge in [0.2, 0.25) is 0 Å². The molecule has 0 saturated heterocycles. The topological polar surface area (TPSA) is 126 Å². The second-order valence-electron chi connectivity index (χ2n) is 9.69. The molecule has 0 aliphatic carbocycles. The Labute approximate surface area is 242 Å². The van der Waals surface area contributed by atoms with Crippen molar-refractivity contribution in [3.8, 4) is 0 Å². The third kappa shape index (κ3) is 12.8. The van der Waals surface area contributed by atoms with E-state index >= 15 is 0 Å². The van der Waals surface area contributed by atoms with Gasteiger partial charge >= 0.3 is 0 Å². The third-order valence-corrected chi connectivity index (χ3v) is 6.50. The number of unbranched alkanes of at least 4 members (excludes halogenated alkanes) is 2. The van der Waals surface area contributed by atoms with Gasteiger partial charge in [-0.3, -0.25) is 0 Å². The lowest BCUT2D eigenvalue weighted by Gasteiger charge is -2.33. The normalized spacial score (nSPS) is 14.1. The van der Waals surface area contributed by atoms with E-state index in [4.69, 9.17) is 24.5 Å². The highest BCUT2D eigenvalue weighted by atomic mass is 16.6. The molecule has 0 aromatic heterocycles. The molecule has 0 fully saturated rings. The Morgan fingerprint density at radius 1 is 0.659 bits per heavy atom. The van der Waals surface area contributed by atoms with Crippen LogP contribution in [-0.2, 0) is 38.8 Å². The molecule has 0 saturated carbocycles. The van der Waals surface area contributed by atoms with Crippen LogP contribution in [0, 0.1) is 0 Å². The van der Waals surface area contributed by atoms with Gasteiger partial charge < -0.3 is 29.2 Å². The molecule has 3 aromatic rings. The van der Waals surface area contributed by atoms with E-state index in [0.717, 1.165) is 29.5 Å². The molecule has 3 aromatic carbocycles. The van der Waals surface area contributed by atoms with E-state index in [2.05, 4.69) is 10.0 Å². The highest BCUT2D eigenvalue weighted by molar-refractivity contribution is 5.15. The van der Waals surface area contributed by atoms with Crippen LogP contribution in [0.4, 0.5) is 0 Å². The van der Waals surface area contributed by atoms with Crippen LogP contribution >= 0.6 is 0 Å². The number of benzene rings is 3. The van der Waals surface area contributed by atoms with Crippen molar-refractivity contribution in [3.05, 3.63) is 118 Å². The van der Waals surface area contributed by atoms with E-state index in [0.29, 0.717) is 39.2 Å². The Hall–Kier alpha value is -3.27. The zero-order chi connectivity index (χ0) is 29.0. The standard InChI is InChI=1S/C32H41N3O6/c33-35-34-20-11-4-12-21-39-32(37)30(36)31(41-25-28-17-9-3-10-18-28)29(40-24-27-15-7-2-8-16-27)19-22-38-23-26-13-5-1-6-14-26/h1-3,5-10,13-18,29-32,36-37H,4,11-12,19-25H2/t29-,30?,31?,32-/m1/s1. The first-order valence-electron chi connectivity index (χ1n) is 14.1. The summed E-state index contributed by atoms with van der Waals surface area (Å²) < 4.78 is 24.1. The molecule has 0 aliphatic heterocycles. The van der Waals surface area contributed by atoms with E-state index in [9.17, 15) is 10.2 Å². The van der Waals surface area contributed by atoms with Gasteiger partial charge in [-0.2, -0.15) is 0 Å². The minimum absolute atomic E-state index is 0.227. The molecule has 0 radical (unpaired) electrons. The fraction of sp³-hybridized carbons (Fsp3) is 0.438. The summed E-state index contributed by atoms with van der Waals surface area (Å²) in [6.45, 7) is 2.03. The van der Waals surface area contributed by atoms with Crippen LogP contribution in [0.1, 0.15) is 42.4 Å². The van der Waals surface area contributed by atoms with Crippen molar-refractivity contribution in [1.82, 2.24) is 0 Å². The molecule has 9 heteroatoms. The van der Waals surface area contributed by atoms with Gasteiger partial charge in [-0.1, -0.05) is 103 Å². The summed E-state index contributed by atoms with van der Waals surface area (Å²) in [5, 5.41) is 25.5. The maximum atomic E-state index is 11.3. The van der Waals surface area contributed by atoms with E-state index in [1.54, 1.807) is 0 Å². The average Bonchev–Trinajstić information content (AvgIpc) is 3.02. The molecule has 0 heterocycles. The van der Waals surface area contributed by atoms with Crippen LogP contribution in [0.15, 0.2) is 96.1 Å². The molecule has 220 valence electrons. The molecule has 3 rings (SSSR count). The van der Waals surface area contributed by atoms with E-state index in [1.165, 1.54) is 0 Å². The number of nitrogens with zero attached hydrogens (tertiary/aromatic N) is 3. The number of aliphatic hydroxyl groups is 2. The molecule has 0 spiro atoms. The molecule has 0 amide bonds. The minimum atomic E-state index is -1.47. The number of ether oxygens (including phenoxy) is 4. The van der Waals surface area contributed by atoms with Gasteiger partial charge in [0.05, 0.1) is 25.9 Å². The number of rotatable bonds is 21. The summed E-state index contributed by atoms with van der Waals surface area (Å²) in [7, 11) is 0. The summed E-state index contributed by atoms with van der Waals surface area (Å²) in [4.78, 5) is 2.74. The van der Waals surface area contributed by atoms with E-state index in [-0.39, 0.29) is 13.2 Å². The van der Waals surface area contributed by atoms with Crippen LogP contribution in [-0.4, -0.2) is 54.6 Å². The monoisotopic (exact) mass is 563 g/mol. The maximum absolute atomic E-state index is 11.3. The number of hydrogen-bond acceptors (Lipinski definition) is 7. The second kappa shape index (κ2) is 19.7. The number of azide groups is 1. The zero-order valence-electron chi connectivity index (χ0n) is 23.4. The van der Waals surface area contributed by atoms with Crippen molar-refractivity contribution in [2.45, 2.75) is 70.1 Å². The van der Waals surface area contributed by atoms with Gasteiger partial charge in [0, 0.05) is 24.7 Å². The minimum Gasteiger partial charge on any atom is -0.385 e. The van der Waals surface area contributed by atoms with Crippen LogP contribution in [0.25, 0.3) is 10.4 Å². The lowest BCUT2D eigenvalue weighted by atomic mass is 10.0. The van der Waals surface area contributed by atoms with Crippen LogP contribution in [0.2, 0.25) is 0 Å². The maximum Gasteiger partial charge on any atom is 0.183 e. The first-order valence-corrected chi connectivity index (χ1v) is 14.1. The molecule has 0 aliphatic rings. The first kappa shape index (κ1) is 32.2. The average molecular weight is 564 g/mol. The molecule has 2 unspecified atom stereocenters. The smallest absolute Gasteiger partial charge is 0.183 e. The van der Waals surface area contributed by atoms with Crippen LogP contribution in [0.3, 0.4) is 0 Å². The first-order chi connectivity index (χ1) is 20.2. The van der Waals surface area contributed by atoms with Gasteiger partial charge in [-0.15, -0.1) is 0 Å². The Morgan fingerprint density at radius 2 is 1.22 bits per heavy atom. The Balaban J connectivity index is 1.66. The predicted octanol–water partition coefficient (Wildman–Crippen LogP) is 5.94. The van der Waals surface area contributed by atoms with Gasteiger partial charge in [0.1, 0.15) is 12.2 Å². The van der Waals surface area contributed by atoms with Crippen molar-refractivity contribution < 1.29 is 29.2 Å². The van der Waals surface area contributed by atoms with Crippen molar-refractivity contribution in [1.29, 1.82) is 0 Å². The zero-order valence-corrected chi connectivity index (χ0v) is 23.4. The van der Waals surface area contributed by atoms with Crippen molar-refractivity contribution in [3.63, 3.8) is 0 Å². The Morgan fingerprint density at radius 3 is 1.80 bits per heavy atom. The second-order valence-corrected chi connectivity index (χ2v) is 9.69. The van der Waals surface area contributed by atoms with Gasteiger partial charge in [0.25, 0.3) is 0 Å². The summed E-state index contributed by atoms with van der Waals surface area (Å²) in [5.74, 6) is 0. The van der Waals surface area contributed by atoms with Gasteiger partial charge in [-0.05, 0) is 41.5 Å². The quantitative estimate of drug-likeness (QED) is 0.0543. The fourth-order valence-electron chi connectivity index (χ4n) is 4.25. The van der Waals surface area contributed by atoms with Gasteiger partial charge in [0.15, 0.2) is 6.29 Å². The Bertz CT molecular complexity index is 1120. The molecular weight excluding hydrogens is 522 g/mol. The number of hydrogen-bond donors (Lipinski definition) is 2. The lowest BCUT2D eigenvalue weighted by molar-refractivity contribution is -0.223. The van der Waals surface area contributed by atoms with Crippen molar-refractivity contribution in [2.24, 2.45) is 5.11 Å². The molecule has 0 bridgehead atoms. The van der Waals surface area contributed by atoms with E-state index < -0.39 is 24.6 Å². The van der Waals surface area contributed by atoms with E-state index in [1.807, 2.05) is 91.0 Å². The van der Waals surface area contributed by atoms with Crippen molar-refractivity contribution in [2.75, 3.05) is 19.8 Å². The highest BCUT2D eigenvalue weighted by Crippen LogP contribution is 2.21. The largest absolute Gasteiger partial charge is 0.385 e. The Kier molecular flexibility index (Phi) is 15.5. The molecule has 41 heavy (non-hydrogen) atoms. The van der Waals surface area contributed by atoms with Crippen LogP contribution in [0.5, 0.6) is 0 Å². The predicted molar refractivity (Wildman–Crippen MR) is 157 cm³/mol. The molecular formula is C32H41N3O6. The van der Waals surface area contributed by atoms with Crippen molar-refractivity contribution >= 4 is 0 Å².